The Morgan fingerprint density at radius 2 is 2.08 bits per heavy atom. The molecule has 0 spiro atoms. The zero-order valence-corrected chi connectivity index (χ0v) is 15.0. The van der Waals surface area contributed by atoms with Crippen LogP contribution >= 0.6 is 0 Å². The lowest BCUT2D eigenvalue weighted by Crippen LogP contribution is -2.44. The molecule has 2 aliphatic rings. The topological polar surface area (TPSA) is 80.5 Å². The number of hydrogen-bond acceptors (Lipinski definition) is 5. The van der Waals surface area contributed by atoms with Crippen LogP contribution < -0.4 is 10.1 Å². The normalized spacial score (nSPS) is 20.0. The van der Waals surface area contributed by atoms with Crippen LogP contribution in [0.4, 0.5) is 4.79 Å². The van der Waals surface area contributed by atoms with Crippen LogP contribution in [0.25, 0.3) is 0 Å². The summed E-state index contributed by atoms with van der Waals surface area (Å²) in [4.78, 5) is 18.9. The summed E-state index contributed by atoms with van der Waals surface area (Å²) in [7, 11) is 1.64. The average Bonchev–Trinajstić information content (AvgIpc) is 3.43. The molecule has 1 unspecified atom stereocenters. The molecule has 1 aliphatic carbocycles. The van der Waals surface area contributed by atoms with Gasteiger partial charge in [-0.15, -0.1) is 0 Å². The fourth-order valence-electron chi connectivity index (χ4n) is 3.32. The second-order valence-electron chi connectivity index (χ2n) is 7.06. The Balaban J connectivity index is 1.31. The summed E-state index contributed by atoms with van der Waals surface area (Å²) >= 11 is 0. The molecule has 26 heavy (non-hydrogen) atoms. The van der Waals surface area contributed by atoms with Gasteiger partial charge in [-0.25, -0.2) is 4.79 Å². The highest BCUT2D eigenvalue weighted by atomic mass is 16.5. The van der Waals surface area contributed by atoms with E-state index in [1.165, 1.54) is 0 Å². The van der Waals surface area contributed by atoms with Crippen molar-refractivity contribution >= 4 is 6.03 Å². The second kappa shape index (κ2) is 7.35. The minimum Gasteiger partial charge on any atom is -0.497 e. The van der Waals surface area contributed by atoms with E-state index in [0.717, 1.165) is 49.4 Å². The molecule has 7 heteroatoms. The van der Waals surface area contributed by atoms with Gasteiger partial charge in [0.2, 0.25) is 5.89 Å². The predicted octanol–water partition coefficient (Wildman–Crippen LogP) is 3.04. The first kappa shape index (κ1) is 16.9. The number of aromatic nitrogens is 2. The van der Waals surface area contributed by atoms with E-state index in [-0.39, 0.29) is 11.9 Å². The molecule has 2 aromatic rings. The van der Waals surface area contributed by atoms with Crippen molar-refractivity contribution in [2.45, 2.75) is 44.1 Å². The number of carbonyl (C=O) groups is 1. The highest BCUT2D eigenvalue weighted by Gasteiger charge is 2.32. The molecule has 1 saturated heterocycles. The van der Waals surface area contributed by atoms with Crippen molar-refractivity contribution < 1.29 is 14.1 Å². The standard InChI is InChI=1S/C19H24N4O3/c1-25-16-8-4-13(5-9-16)11-20-19(24)23-10-2-3-15(12-23)18-21-17(22-26-18)14-6-7-14/h4-5,8-9,14-15H,2-3,6-7,10-12H2,1H3,(H,20,24). The molecule has 2 heterocycles. The van der Waals surface area contributed by atoms with Gasteiger partial charge in [0.15, 0.2) is 5.82 Å². The predicted molar refractivity (Wildman–Crippen MR) is 95.1 cm³/mol. The van der Waals surface area contributed by atoms with Crippen molar-refractivity contribution in [2.75, 3.05) is 20.2 Å². The van der Waals surface area contributed by atoms with Gasteiger partial charge in [-0.2, -0.15) is 4.98 Å². The lowest BCUT2D eigenvalue weighted by atomic mass is 9.98. The van der Waals surface area contributed by atoms with Crippen LogP contribution in [0.1, 0.15) is 54.8 Å². The van der Waals surface area contributed by atoms with E-state index in [4.69, 9.17) is 9.26 Å². The summed E-state index contributed by atoms with van der Waals surface area (Å²) in [6.45, 7) is 1.88. The number of amides is 2. The molecule has 1 saturated carbocycles. The van der Waals surface area contributed by atoms with Gasteiger partial charge in [0.05, 0.1) is 13.0 Å². The summed E-state index contributed by atoms with van der Waals surface area (Å²) in [5.74, 6) is 2.94. The van der Waals surface area contributed by atoms with Gasteiger partial charge in [-0.05, 0) is 43.4 Å². The second-order valence-corrected chi connectivity index (χ2v) is 7.06. The van der Waals surface area contributed by atoms with Crippen molar-refractivity contribution in [3.63, 3.8) is 0 Å². The summed E-state index contributed by atoms with van der Waals surface area (Å²) < 4.78 is 10.6. The van der Waals surface area contributed by atoms with E-state index in [9.17, 15) is 4.79 Å². The number of benzene rings is 1. The van der Waals surface area contributed by atoms with Gasteiger partial charge in [-0.1, -0.05) is 17.3 Å². The van der Waals surface area contributed by atoms with Crippen LogP contribution in [0.2, 0.25) is 0 Å². The van der Waals surface area contributed by atoms with E-state index in [1.54, 1.807) is 7.11 Å². The zero-order valence-electron chi connectivity index (χ0n) is 15.0. The quantitative estimate of drug-likeness (QED) is 0.891. The molecular weight excluding hydrogens is 332 g/mol. The Morgan fingerprint density at radius 1 is 1.27 bits per heavy atom. The number of urea groups is 1. The first-order chi connectivity index (χ1) is 12.7. The molecule has 0 bridgehead atoms. The fourth-order valence-corrected chi connectivity index (χ4v) is 3.32. The van der Waals surface area contributed by atoms with Crippen molar-refractivity contribution in [3.05, 3.63) is 41.5 Å². The molecule has 1 N–H and O–H groups in total. The van der Waals surface area contributed by atoms with Crippen LogP contribution in [0, 0.1) is 0 Å². The van der Waals surface area contributed by atoms with Gasteiger partial charge in [0, 0.05) is 25.6 Å². The number of piperidine rings is 1. The van der Waals surface area contributed by atoms with Crippen molar-refractivity contribution in [1.29, 1.82) is 0 Å². The van der Waals surface area contributed by atoms with Crippen LogP contribution in [-0.2, 0) is 6.54 Å². The van der Waals surface area contributed by atoms with Gasteiger partial charge in [0.25, 0.3) is 0 Å². The smallest absolute Gasteiger partial charge is 0.317 e. The van der Waals surface area contributed by atoms with E-state index in [1.807, 2.05) is 29.2 Å². The number of rotatable bonds is 5. The lowest BCUT2D eigenvalue weighted by molar-refractivity contribution is 0.171. The van der Waals surface area contributed by atoms with Crippen LogP contribution in [0.3, 0.4) is 0 Å². The summed E-state index contributed by atoms with van der Waals surface area (Å²) in [6, 6.07) is 7.65. The van der Waals surface area contributed by atoms with Gasteiger partial charge in [-0.3, -0.25) is 0 Å². The maximum absolute atomic E-state index is 12.5. The molecule has 1 atom stereocenters. The third kappa shape index (κ3) is 3.81. The summed E-state index contributed by atoms with van der Waals surface area (Å²) in [5.41, 5.74) is 1.04. The first-order valence-corrected chi connectivity index (χ1v) is 9.22. The number of nitrogens with one attached hydrogen (secondary N) is 1. The largest absolute Gasteiger partial charge is 0.497 e. The molecule has 1 aromatic heterocycles. The van der Waals surface area contributed by atoms with E-state index in [2.05, 4.69) is 15.5 Å². The molecule has 1 aliphatic heterocycles. The SMILES string of the molecule is COc1ccc(CNC(=O)N2CCCC(c3nc(C4CC4)no3)C2)cc1. The Bertz CT molecular complexity index is 754. The van der Waals surface area contributed by atoms with Gasteiger partial charge >= 0.3 is 6.03 Å². The summed E-state index contributed by atoms with van der Waals surface area (Å²) in [5, 5.41) is 7.09. The third-order valence-electron chi connectivity index (χ3n) is 5.06. The molecule has 4 rings (SSSR count). The lowest BCUT2D eigenvalue weighted by Gasteiger charge is -2.31. The minimum atomic E-state index is -0.0487. The van der Waals surface area contributed by atoms with Crippen molar-refractivity contribution in [3.8, 4) is 5.75 Å². The molecule has 2 amide bonds. The highest BCUT2D eigenvalue weighted by molar-refractivity contribution is 5.74. The van der Waals surface area contributed by atoms with Crippen molar-refractivity contribution in [2.24, 2.45) is 0 Å². The van der Waals surface area contributed by atoms with Crippen LogP contribution in [0.15, 0.2) is 28.8 Å². The number of likely N-dealkylation sites (tertiary alicyclic amines) is 1. The van der Waals surface area contributed by atoms with Gasteiger partial charge < -0.3 is 19.5 Å². The minimum absolute atomic E-state index is 0.0487. The Kier molecular flexibility index (Phi) is 4.77. The molecule has 2 fully saturated rings. The molecule has 138 valence electrons. The Labute approximate surface area is 152 Å². The number of methoxy groups -OCH3 is 1. The molecule has 7 nitrogen and oxygen atoms in total. The van der Waals surface area contributed by atoms with Gasteiger partial charge in [0.1, 0.15) is 5.75 Å². The fraction of sp³-hybridized carbons (Fsp3) is 0.526. The van der Waals surface area contributed by atoms with E-state index < -0.39 is 0 Å². The third-order valence-corrected chi connectivity index (χ3v) is 5.06. The molecule has 0 radical (unpaired) electrons. The van der Waals surface area contributed by atoms with E-state index in [0.29, 0.717) is 24.9 Å². The first-order valence-electron chi connectivity index (χ1n) is 9.22. The average molecular weight is 356 g/mol. The highest BCUT2D eigenvalue weighted by Crippen LogP contribution is 2.39. The van der Waals surface area contributed by atoms with E-state index >= 15 is 0 Å². The number of nitrogens with zero attached hydrogens (tertiary/aromatic N) is 3. The molecular formula is C19H24N4O3. The number of hydrogen-bond donors (Lipinski definition) is 1. The van der Waals surface area contributed by atoms with Crippen LogP contribution in [-0.4, -0.2) is 41.3 Å². The van der Waals surface area contributed by atoms with Crippen LogP contribution in [0.5, 0.6) is 5.75 Å². The Morgan fingerprint density at radius 3 is 2.81 bits per heavy atom. The maximum Gasteiger partial charge on any atom is 0.317 e. The monoisotopic (exact) mass is 356 g/mol. The van der Waals surface area contributed by atoms with Crippen molar-refractivity contribution in [1.82, 2.24) is 20.4 Å². The number of ether oxygens (including phenoxy) is 1. The maximum atomic E-state index is 12.5. The zero-order chi connectivity index (χ0) is 17.9. The number of carbonyl (C=O) groups excluding carboxylic acids is 1. The summed E-state index contributed by atoms with van der Waals surface area (Å²) in [6.07, 6.45) is 4.24. The molecule has 1 aromatic carbocycles. The Hall–Kier alpha value is -2.57.